The SMILES string of the molecule is Cc1ccc(CNC(=O)Cn2c(=O)n(-c3ccc(Cl)cc3)c(=O)c3sccc32)cc1. The van der Waals surface area contributed by atoms with E-state index >= 15 is 0 Å². The van der Waals surface area contributed by atoms with Crippen molar-refractivity contribution in [3.63, 3.8) is 0 Å². The number of amides is 1. The molecule has 0 saturated heterocycles. The lowest BCUT2D eigenvalue weighted by Crippen LogP contribution is -2.41. The number of fused-ring (bicyclic) bond motifs is 1. The highest BCUT2D eigenvalue weighted by atomic mass is 35.5. The van der Waals surface area contributed by atoms with E-state index in [0.29, 0.717) is 27.5 Å². The fourth-order valence-electron chi connectivity index (χ4n) is 3.16. The highest BCUT2D eigenvalue weighted by Gasteiger charge is 2.17. The van der Waals surface area contributed by atoms with Gasteiger partial charge in [-0.2, -0.15) is 0 Å². The Labute approximate surface area is 181 Å². The Kier molecular flexibility index (Phi) is 5.57. The molecule has 4 rings (SSSR count). The molecule has 2 aromatic carbocycles. The van der Waals surface area contributed by atoms with E-state index in [4.69, 9.17) is 11.6 Å². The average molecular weight is 440 g/mol. The number of rotatable bonds is 5. The Bertz CT molecular complexity index is 1340. The van der Waals surface area contributed by atoms with Gasteiger partial charge in [0.1, 0.15) is 11.2 Å². The molecule has 0 radical (unpaired) electrons. The molecule has 0 aliphatic carbocycles. The van der Waals surface area contributed by atoms with E-state index in [1.54, 1.807) is 35.7 Å². The number of nitrogens with one attached hydrogen (secondary N) is 1. The molecule has 8 heteroatoms. The van der Waals surface area contributed by atoms with Crippen LogP contribution in [-0.2, 0) is 17.9 Å². The summed E-state index contributed by atoms with van der Waals surface area (Å²) in [4.78, 5) is 38.6. The van der Waals surface area contributed by atoms with Crippen molar-refractivity contribution in [3.8, 4) is 5.69 Å². The van der Waals surface area contributed by atoms with Gasteiger partial charge in [0, 0.05) is 11.6 Å². The average Bonchev–Trinajstić information content (AvgIpc) is 3.22. The van der Waals surface area contributed by atoms with Crippen molar-refractivity contribution >= 4 is 39.1 Å². The second kappa shape index (κ2) is 8.30. The van der Waals surface area contributed by atoms with Crippen LogP contribution in [-0.4, -0.2) is 15.0 Å². The standard InChI is InChI=1S/C22H18ClN3O3S/c1-14-2-4-15(5-3-14)12-24-19(27)13-25-18-10-11-30-20(18)21(28)26(22(25)29)17-8-6-16(23)7-9-17/h2-11H,12-13H2,1H3,(H,24,27). The number of benzene rings is 2. The summed E-state index contributed by atoms with van der Waals surface area (Å²) in [6.45, 7) is 2.17. The minimum Gasteiger partial charge on any atom is -0.350 e. The molecule has 0 aliphatic heterocycles. The van der Waals surface area contributed by atoms with Crippen LogP contribution >= 0.6 is 22.9 Å². The molecule has 0 bridgehead atoms. The summed E-state index contributed by atoms with van der Waals surface area (Å²) in [5.74, 6) is -0.313. The minimum absolute atomic E-state index is 0.189. The van der Waals surface area contributed by atoms with Crippen LogP contribution in [0.3, 0.4) is 0 Å². The number of nitrogens with zero attached hydrogens (tertiary/aromatic N) is 2. The van der Waals surface area contributed by atoms with Crippen LogP contribution in [0.5, 0.6) is 0 Å². The third-order valence-electron chi connectivity index (χ3n) is 4.75. The third kappa shape index (κ3) is 3.94. The first kappa shape index (κ1) is 20.1. The first-order valence-corrected chi connectivity index (χ1v) is 10.5. The minimum atomic E-state index is -0.571. The largest absolute Gasteiger partial charge is 0.350 e. The highest BCUT2D eigenvalue weighted by molar-refractivity contribution is 7.17. The van der Waals surface area contributed by atoms with E-state index in [-0.39, 0.29) is 12.5 Å². The second-order valence-electron chi connectivity index (χ2n) is 6.88. The van der Waals surface area contributed by atoms with Crippen molar-refractivity contribution in [2.75, 3.05) is 0 Å². The molecule has 152 valence electrons. The molecule has 6 nitrogen and oxygen atoms in total. The van der Waals surface area contributed by atoms with Crippen molar-refractivity contribution < 1.29 is 4.79 Å². The predicted octanol–water partition coefficient (Wildman–Crippen LogP) is 3.49. The molecule has 4 aromatic rings. The fourth-order valence-corrected chi connectivity index (χ4v) is 4.11. The van der Waals surface area contributed by atoms with Crippen molar-refractivity contribution in [2.45, 2.75) is 20.0 Å². The Morgan fingerprint density at radius 3 is 2.43 bits per heavy atom. The molecule has 30 heavy (non-hydrogen) atoms. The van der Waals surface area contributed by atoms with E-state index in [2.05, 4.69) is 5.32 Å². The second-order valence-corrected chi connectivity index (χ2v) is 8.24. The molecule has 2 heterocycles. The van der Waals surface area contributed by atoms with Gasteiger partial charge in [-0.3, -0.25) is 14.2 Å². The van der Waals surface area contributed by atoms with Gasteiger partial charge in [0.25, 0.3) is 5.56 Å². The molecule has 0 spiro atoms. The summed E-state index contributed by atoms with van der Waals surface area (Å²) in [6.07, 6.45) is 0. The van der Waals surface area contributed by atoms with E-state index < -0.39 is 11.2 Å². The number of aryl methyl sites for hydroxylation is 1. The number of aromatic nitrogens is 2. The molecule has 0 fully saturated rings. The zero-order chi connectivity index (χ0) is 21.3. The molecule has 0 aliphatic rings. The maximum absolute atomic E-state index is 13.2. The summed E-state index contributed by atoms with van der Waals surface area (Å²) in [6, 6.07) is 16.0. The molecular formula is C22H18ClN3O3S. The van der Waals surface area contributed by atoms with E-state index in [1.165, 1.54) is 15.9 Å². The number of halogens is 1. The van der Waals surface area contributed by atoms with Gasteiger partial charge in [0.05, 0.1) is 11.2 Å². The van der Waals surface area contributed by atoms with Gasteiger partial charge in [-0.1, -0.05) is 41.4 Å². The Morgan fingerprint density at radius 1 is 1.03 bits per heavy atom. The highest BCUT2D eigenvalue weighted by Crippen LogP contribution is 2.17. The van der Waals surface area contributed by atoms with Gasteiger partial charge < -0.3 is 5.32 Å². The molecule has 2 aromatic heterocycles. The van der Waals surface area contributed by atoms with Crippen LogP contribution in [0, 0.1) is 6.92 Å². The molecule has 0 atom stereocenters. The summed E-state index contributed by atoms with van der Waals surface area (Å²) in [5.41, 5.74) is 1.97. The number of carbonyl (C=O) groups excluding carboxylic acids is 1. The van der Waals surface area contributed by atoms with Gasteiger partial charge in [-0.25, -0.2) is 9.36 Å². The third-order valence-corrected chi connectivity index (χ3v) is 5.90. The van der Waals surface area contributed by atoms with Crippen LogP contribution in [0.25, 0.3) is 15.9 Å². The van der Waals surface area contributed by atoms with Crippen molar-refractivity contribution in [3.05, 3.63) is 97.0 Å². The van der Waals surface area contributed by atoms with Crippen LogP contribution in [0.4, 0.5) is 0 Å². The number of hydrogen-bond acceptors (Lipinski definition) is 4. The zero-order valence-electron chi connectivity index (χ0n) is 16.1. The predicted molar refractivity (Wildman–Crippen MR) is 120 cm³/mol. The summed E-state index contributed by atoms with van der Waals surface area (Å²) >= 11 is 7.17. The molecular weight excluding hydrogens is 422 g/mol. The van der Waals surface area contributed by atoms with Crippen molar-refractivity contribution in [1.82, 2.24) is 14.5 Å². The van der Waals surface area contributed by atoms with Gasteiger partial charge >= 0.3 is 5.69 Å². The lowest BCUT2D eigenvalue weighted by molar-refractivity contribution is -0.121. The quantitative estimate of drug-likeness (QED) is 0.517. The Morgan fingerprint density at radius 2 is 1.73 bits per heavy atom. The fraction of sp³-hybridized carbons (Fsp3) is 0.136. The first-order chi connectivity index (χ1) is 14.4. The van der Waals surface area contributed by atoms with Crippen LogP contribution in [0.15, 0.2) is 69.6 Å². The Balaban J connectivity index is 1.68. The maximum atomic E-state index is 13.2. The number of carbonyl (C=O) groups is 1. The van der Waals surface area contributed by atoms with Crippen LogP contribution in [0.1, 0.15) is 11.1 Å². The van der Waals surface area contributed by atoms with Gasteiger partial charge in [0.2, 0.25) is 5.91 Å². The smallest absolute Gasteiger partial charge is 0.336 e. The van der Waals surface area contributed by atoms with E-state index in [9.17, 15) is 14.4 Å². The van der Waals surface area contributed by atoms with Crippen molar-refractivity contribution in [1.29, 1.82) is 0 Å². The zero-order valence-corrected chi connectivity index (χ0v) is 17.7. The Hall–Kier alpha value is -3.16. The maximum Gasteiger partial charge on any atom is 0.336 e. The molecule has 1 N–H and O–H groups in total. The molecule has 0 unspecified atom stereocenters. The first-order valence-electron chi connectivity index (χ1n) is 9.25. The summed E-state index contributed by atoms with van der Waals surface area (Å²) < 4.78 is 2.81. The van der Waals surface area contributed by atoms with Crippen LogP contribution in [0.2, 0.25) is 5.02 Å². The van der Waals surface area contributed by atoms with Crippen molar-refractivity contribution in [2.24, 2.45) is 0 Å². The summed E-state index contributed by atoms with van der Waals surface area (Å²) in [7, 11) is 0. The van der Waals surface area contributed by atoms with Gasteiger partial charge in [-0.05, 0) is 48.2 Å². The number of hydrogen-bond donors (Lipinski definition) is 1. The van der Waals surface area contributed by atoms with Crippen LogP contribution < -0.4 is 16.6 Å². The monoisotopic (exact) mass is 439 g/mol. The lowest BCUT2D eigenvalue weighted by Gasteiger charge is -2.12. The number of thiophene rings is 1. The van der Waals surface area contributed by atoms with E-state index in [1.807, 2.05) is 31.2 Å². The lowest BCUT2D eigenvalue weighted by atomic mass is 10.1. The topological polar surface area (TPSA) is 73.1 Å². The molecule has 0 saturated carbocycles. The normalized spacial score (nSPS) is 11.0. The molecule has 1 amide bonds. The summed E-state index contributed by atoms with van der Waals surface area (Å²) in [5, 5.41) is 5.07. The van der Waals surface area contributed by atoms with E-state index in [0.717, 1.165) is 15.7 Å². The van der Waals surface area contributed by atoms with Gasteiger partial charge in [-0.15, -0.1) is 11.3 Å². The van der Waals surface area contributed by atoms with Gasteiger partial charge in [0.15, 0.2) is 0 Å².